The fourth-order valence-corrected chi connectivity index (χ4v) is 1.07. The second-order valence-corrected chi connectivity index (χ2v) is 2.76. The molecule has 0 amide bonds. The zero-order valence-electron chi connectivity index (χ0n) is 5.15. The number of halogens is 2. The van der Waals surface area contributed by atoms with Gasteiger partial charge in [-0.15, -0.1) is 0 Å². The summed E-state index contributed by atoms with van der Waals surface area (Å²) >= 11 is 1.26. The average molecular weight is 155 g/mol. The van der Waals surface area contributed by atoms with E-state index in [0.29, 0.717) is 6.54 Å². The fourth-order valence-electron chi connectivity index (χ4n) is 0.358. The van der Waals surface area contributed by atoms with E-state index in [1.54, 1.807) is 0 Å². The molecule has 2 N–H and O–H groups in total. The molecule has 0 aliphatic rings. The first-order chi connectivity index (χ1) is 4.27. The highest BCUT2D eigenvalue weighted by molar-refractivity contribution is 7.99. The molecule has 0 spiro atoms. The van der Waals surface area contributed by atoms with Crippen LogP contribution in [0, 0.1) is 0 Å². The highest BCUT2D eigenvalue weighted by atomic mass is 32.2. The van der Waals surface area contributed by atoms with Crippen molar-refractivity contribution in [3.63, 3.8) is 0 Å². The summed E-state index contributed by atoms with van der Waals surface area (Å²) in [5, 5.41) is 0. The van der Waals surface area contributed by atoms with Gasteiger partial charge in [0.2, 0.25) is 6.43 Å². The van der Waals surface area contributed by atoms with Crippen LogP contribution in [0.1, 0.15) is 6.42 Å². The van der Waals surface area contributed by atoms with Crippen molar-refractivity contribution < 1.29 is 8.78 Å². The minimum Gasteiger partial charge on any atom is -0.330 e. The van der Waals surface area contributed by atoms with Gasteiger partial charge in [0.05, 0.1) is 5.75 Å². The van der Waals surface area contributed by atoms with Crippen molar-refractivity contribution in [2.24, 2.45) is 5.73 Å². The molecular formula is C5H11F2NS. The predicted octanol–water partition coefficient (Wildman–Crippen LogP) is 1.33. The van der Waals surface area contributed by atoms with Gasteiger partial charge in [-0.05, 0) is 18.7 Å². The number of nitrogens with two attached hydrogens (primary N) is 1. The highest BCUT2D eigenvalue weighted by Crippen LogP contribution is 2.06. The van der Waals surface area contributed by atoms with Gasteiger partial charge in [-0.3, -0.25) is 0 Å². The standard InChI is InChI=1S/C5H11F2NS/c6-5(7)4-9-3-1-2-8/h5H,1-4,8H2. The maximum atomic E-state index is 11.4. The first kappa shape index (κ1) is 9.17. The zero-order valence-corrected chi connectivity index (χ0v) is 5.96. The van der Waals surface area contributed by atoms with Gasteiger partial charge in [-0.1, -0.05) is 0 Å². The van der Waals surface area contributed by atoms with E-state index in [1.807, 2.05) is 0 Å². The summed E-state index contributed by atoms with van der Waals surface area (Å²) in [6.07, 6.45) is -1.34. The molecular weight excluding hydrogens is 144 g/mol. The van der Waals surface area contributed by atoms with Gasteiger partial charge in [0.15, 0.2) is 0 Å². The van der Waals surface area contributed by atoms with Crippen molar-refractivity contribution in [1.82, 2.24) is 0 Å². The monoisotopic (exact) mass is 155 g/mol. The Kier molecular flexibility index (Phi) is 6.41. The second-order valence-electron chi connectivity index (χ2n) is 1.61. The molecule has 9 heavy (non-hydrogen) atoms. The Balaban J connectivity index is 2.75. The molecule has 0 fully saturated rings. The smallest absolute Gasteiger partial charge is 0.247 e. The Labute approximate surface area is 58.0 Å². The summed E-state index contributed by atoms with van der Waals surface area (Å²) in [4.78, 5) is 0. The van der Waals surface area contributed by atoms with Crippen molar-refractivity contribution in [3.8, 4) is 0 Å². The summed E-state index contributed by atoms with van der Waals surface area (Å²) in [6, 6.07) is 0. The minimum atomic E-state index is -2.17. The van der Waals surface area contributed by atoms with Crippen LogP contribution in [0.25, 0.3) is 0 Å². The lowest BCUT2D eigenvalue weighted by Gasteiger charge is -1.96. The Morgan fingerprint density at radius 1 is 1.44 bits per heavy atom. The van der Waals surface area contributed by atoms with E-state index in [2.05, 4.69) is 0 Å². The Bertz CT molecular complexity index is 60.9. The zero-order chi connectivity index (χ0) is 7.11. The van der Waals surface area contributed by atoms with Crippen LogP contribution in [0.3, 0.4) is 0 Å². The number of alkyl halides is 2. The predicted molar refractivity (Wildman–Crippen MR) is 37.0 cm³/mol. The van der Waals surface area contributed by atoms with Gasteiger partial charge in [-0.2, -0.15) is 11.8 Å². The molecule has 0 aromatic carbocycles. The normalized spacial score (nSPS) is 10.7. The van der Waals surface area contributed by atoms with Crippen LogP contribution in [0.2, 0.25) is 0 Å². The molecule has 0 bridgehead atoms. The van der Waals surface area contributed by atoms with E-state index in [-0.39, 0.29) is 5.75 Å². The summed E-state index contributed by atoms with van der Waals surface area (Å²) < 4.78 is 22.8. The maximum absolute atomic E-state index is 11.4. The van der Waals surface area contributed by atoms with Crippen molar-refractivity contribution in [1.29, 1.82) is 0 Å². The van der Waals surface area contributed by atoms with Gasteiger partial charge in [0, 0.05) is 0 Å². The first-order valence-electron chi connectivity index (χ1n) is 2.83. The SMILES string of the molecule is NCCCSCC(F)F. The van der Waals surface area contributed by atoms with Crippen molar-refractivity contribution in [2.75, 3.05) is 18.1 Å². The van der Waals surface area contributed by atoms with Crippen LogP contribution < -0.4 is 5.73 Å². The average Bonchev–Trinajstić information content (AvgIpc) is 1.80. The first-order valence-corrected chi connectivity index (χ1v) is 3.98. The quantitative estimate of drug-likeness (QED) is 0.606. The molecule has 0 saturated heterocycles. The number of rotatable bonds is 5. The van der Waals surface area contributed by atoms with E-state index >= 15 is 0 Å². The lowest BCUT2D eigenvalue weighted by Crippen LogP contribution is -2.01. The van der Waals surface area contributed by atoms with Gasteiger partial charge >= 0.3 is 0 Å². The molecule has 0 atom stereocenters. The Hall–Kier alpha value is 0.170. The molecule has 0 radical (unpaired) electrons. The number of hydrogen-bond acceptors (Lipinski definition) is 2. The third-order valence-corrected chi connectivity index (χ3v) is 1.80. The number of thioether (sulfide) groups is 1. The lowest BCUT2D eigenvalue weighted by molar-refractivity contribution is 0.177. The van der Waals surface area contributed by atoms with Crippen molar-refractivity contribution in [2.45, 2.75) is 12.8 Å². The van der Waals surface area contributed by atoms with E-state index in [9.17, 15) is 8.78 Å². The molecule has 1 nitrogen and oxygen atoms in total. The topological polar surface area (TPSA) is 26.0 Å². The van der Waals surface area contributed by atoms with Crippen LogP contribution in [0.4, 0.5) is 8.78 Å². The van der Waals surface area contributed by atoms with Crippen molar-refractivity contribution >= 4 is 11.8 Å². The molecule has 0 unspecified atom stereocenters. The third-order valence-electron chi connectivity index (χ3n) is 0.737. The van der Waals surface area contributed by atoms with Crippen LogP contribution in [0.5, 0.6) is 0 Å². The van der Waals surface area contributed by atoms with E-state index in [4.69, 9.17) is 5.73 Å². The summed E-state index contributed by atoms with van der Waals surface area (Å²) in [5.74, 6) is 0.695. The highest BCUT2D eigenvalue weighted by Gasteiger charge is 1.99. The summed E-state index contributed by atoms with van der Waals surface area (Å²) in [7, 11) is 0. The Morgan fingerprint density at radius 3 is 2.56 bits per heavy atom. The summed E-state index contributed by atoms with van der Waals surface area (Å²) in [6.45, 7) is 0.593. The van der Waals surface area contributed by atoms with Crippen molar-refractivity contribution in [3.05, 3.63) is 0 Å². The molecule has 0 heterocycles. The minimum absolute atomic E-state index is 0.0556. The van der Waals surface area contributed by atoms with Gasteiger partial charge in [0.25, 0.3) is 0 Å². The molecule has 4 heteroatoms. The van der Waals surface area contributed by atoms with Gasteiger partial charge in [-0.25, -0.2) is 8.78 Å². The van der Waals surface area contributed by atoms with E-state index in [0.717, 1.165) is 12.2 Å². The van der Waals surface area contributed by atoms with Crippen LogP contribution in [-0.2, 0) is 0 Å². The molecule has 56 valence electrons. The largest absolute Gasteiger partial charge is 0.330 e. The van der Waals surface area contributed by atoms with Crippen LogP contribution in [0.15, 0.2) is 0 Å². The molecule has 0 saturated carbocycles. The summed E-state index contributed by atoms with van der Waals surface area (Å²) in [5.41, 5.74) is 5.14. The number of hydrogen-bond donors (Lipinski definition) is 1. The molecule has 0 aromatic rings. The molecule has 0 aliphatic carbocycles. The third kappa shape index (κ3) is 8.17. The lowest BCUT2D eigenvalue weighted by atomic mass is 10.5. The molecule has 0 aliphatic heterocycles. The van der Waals surface area contributed by atoms with E-state index < -0.39 is 6.43 Å². The van der Waals surface area contributed by atoms with Gasteiger partial charge in [0.1, 0.15) is 0 Å². The van der Waals surface area contributed by atoms with Crippen LogP contribution >= 0.6 is 11.8 Å². The fraction of sp³-hybridized carbons (Fsp3) is 1.00. The van der Waals surface area contributed by atoms with Gasteiger partial charge < -0.3 is 5.73 Å². The van der Waals surface area contributed by atoms with E-state index in [1.165, 1.54) is 11.8 Å². The molecule has 0 aromatic heterocycles. The maximum Gasteiger partial charge on any atom is 0.247 e. The molecule has 0 rings (SSSR count). The second kappa shape index (κ2) is 6.29. The van der Waals surface area contributed by atoms with Crippen LogP contribution in [-0.4, -0.2) is 24.5 Å². The Morgan fingerprint density at radius 2 is 2.11 bits per heavy atom.